The number of hydrogen-bond donors (Lipinski definition) is 2. The minimum Gasteiger partial charge on any atom is -0.393 e. The van der Waals surface area contributed by atoms with E-state index in [4.69, 9.17) is 18.9 Å². The van der Waals surface area contributed by atoms with Crippen molar-refractivity contribution in [1.29, 1.82) is 0 Å². The number of ether oxygens (including phenoxy) is 4. The molecule has 3 rings (SSSR count). The normalized spacial score (nSPS) is 32.1. The predicted molar refractivity (Wildman–Crippen MR) is 76.8 cm³/mol. The zero-order chi connectivity index (χ0) is 15.8. The van der Waals surface area contributed by atoms with Crippen LogP contribution in [0.25, 0.3) is 0 Å². The van der Waals surface area contributed by atoms with E-state index in [-0.39, 0.29) is 13.2 Å². The fourth-order valence-corrected chi connectivity index (χ4v) is 2.96. The van der Waals surface area contributed by atoms with Gasteiger partial charge < -0.3 is 29.2 Å². The Balaban J connectivity index is 1.77. The molecule has 2 saturated heterocycles. The maximum Gasteiger partial charge on any atom is 0.190 e. The molecule has 0 aromatic heterocycles. The Kier molecular flexibility index (Phi) is 4.24. The van der Waals surface area contributed by atoms with Gasteiger partial charge in [0.25, 0.3) is 0 Å². The second-order valence-electron chi connectivity index (χ2n) is 6.18. The first-order valence-corrected chi connectivity index (χ1v) is 7.40. The molecule has 2 N–H and O–H groups in total. The van der Waals surface area contributed by atoms with Crippen molar-refractivity contribution in [2.24, 2.45) is 0 Å². The van der Waals surface area contributed by atoms with Crippen LogP contribution in [0.15, 0.2) is 30.3 Å². The van der Waals surface area contributed by atoms with Crippen LogP contribution in [0.2, 0.25) is 0 Å². The smallest absolute Gasteiger partial charge is 0.190 e. The SMILES string of the molecule is CC1(C)O[C@@H]2OC(CO)(CO)C(OCc3ccccc3)[C@H]2O1. The van der Waals surface area contributed by atoms with E-state index in [1.807, 2.05) is 30.3 Å². The third-order valence-electron chi connectivity index (χ3n) is 4.06. The summed E-state index contributed by atoms with van der Waals surface area (Å²) in [4.78, 5) is 0. The second kappa shape index (κ2) is 5.88. The molecule has 122 valence electrons. The van der Waals surface area contributed by atoms with Gasteiger partial charge in [-0.1, -0.05) is 30.3 Å². The summed E-state index contributed by atoms with van der Waals surface area (Å²) in [5.41, 5.74) is -0.227. The van der Waals surface area contributed by atoms with Crippen molar-refractivity contribution >= 4 is 0 Å². The molecule has 2 aliphatic rings. The van der Waals surface area contributed by atoms with E-state index < -0.39 is 29.9 Å². The molecule has 0 aliphatic carbocycles. The van der Waals surface area contributed by atoms with Gasteiger partial charge in [0.15, 0.2) is 12.1 Å². The van der Waals surface area contributed by atoms with Crippen LogP contribution in [0.1, 0.15) is 19.4 Å². The van der Waals surface area contributed by atoms with Crippen molar-refractivity contribution in [2.75, 3.05) is 13.2 Å². The Labute approximate surface area is 129 Å². The minimum atomic E-state index is -1.22. The predicted octanol–water partition coefficient (Wildman–Crippen LogP) is 0.803. The van der Waals surface area contributed by atoms with E-state index in [9.17, 15) is 10.2 Å². The van der Waals surface area contributed by atoms with Crippen LogP contribution in [0.3, 0.4) is 0 Å². The maximum atomic E-state index is 9.69. The van der Waals surface area contributed by atoms with E-state index in [2.05, 4.69) is 0 Å². The van der Waals surface area contributed by atoms with Gasteiger partial charge in [-0.3, -0.25) is 0 Å². The zero-order valence-corrected chi connectivity index (χ0v) is 12.8. The van der Waals surface area contributed by atoms with Crippen LogP contribution in [-0.2, 0) is 25.6 Å². The Morgan fingerprint density at radius 2 is 1.73 bits per heavy atom. The lowest BCUT2D eigenvalue weighted by atomic mass is 9.97. The zero-order valence-electron chi connectivity index (χ0n) is 12.8. The Morgan fingerprint density at radius 3 is 2.36 bits per heavy atom. The molecule has 2 aliphatic heterocycles. The molecule has 1 aromatic rings. The van der Waals surface area contributed by atoms with Gasteiger partial charge >= 0.3 is 0 Å². The number of hydrogen-bond acceptors (Lipinski definition) is 6. The topological polar surface area (TPSA) is 77.4 Å². The first kappa shape index (κ1) is 15.9. The van der Waals surface area contributed by atoms with Gasteiger partial charge in [0, 0.05) is 0 Å². The maximum absolute atomic E-state index is 9.69. The quantitative estimate of drug-likeness (QED) is 0.838. The number of rotatable bonds is 5. The highest BCUT2D eigenvalue weighted by molar-refractivity contribution is 5.14. The molecular formula is C16H22O6. The van der Waals surface area contributed by atoms with Crippen molar-refractivity contribution in [3.63, 3.8) is 0 Å². The lowest BCUT2D eigenvalue weighted by Crippen LogP contribution is -2.52. The van der Waals surface area contributed by atoms with E-state index in [1.54, 1.807) is 13.8 Å². The molecule has 3 atom stereocenters. The van der Waals surface area contributed by atoms with Crippen molar-refractivity contribution in [3.8, 4) is 0 Å². The molecule has 2 heterocycles. The Morgan fingerprint density at radius 1 is 1.05 bits per heavy atom. The molecular weight excluding hydrogens is 288 g/mol. The van der Waals surface area contributed by atoms with Gasteiger partial charge in [-0.15, -0.1) is 0 Å². The highest BCUT2D eigenvalue weighted by Gasteiger charge is 2.62. The van der Waals surface area contributed by atoms with Gasteiger partial charge in [-0.2, -0.15) is 0 Å². The van der Waals surface area contributed by atoms with Gasteiger partial charge in [-0.05, 0) is 19.4 Å². The molecule has 6 heteroatoms. The number of benzene rings is 1. The van der Waals surface area contributed by atoms with Crippen molar-refractivity contribution in [1.82, 2.24) is 0 Å². The van der Waals surface area contributed by atoms with E-state index in [0.717, 1.165) is 5.56 Å². The summed E-state index contributed by atoms with van der Waals surface area (Å²) in [7, 11) is 0. The van der Waals surface area contributed by atoms with Gasteiger partial charge in [0.1, 0.15) is 17.8 Å². The van der Waals surface area contributed by atoms with E-state index >= 15 is 0 Å². The van der Waals surface area contributed by atoms with Crippen LogP contribution in [0.4, 0.5) is 0 Å². The Bertz CT molecular complexity index is 499. The van der Waals surface area contributed by atoms with Crippen LogP contribution in [0.5, 0.6) is 0 Å². The third-order valence-corrected chi connectivity index (χ3v) is 4.06. The van der Waals surface area contributed by atoms with Crippen LogP contribution >= 0.6 is 0 Å². The molecule has 1 unspecified atom stereocenters. The average Bonchev–Trinajstić information content (AvgIpc) is 2.95. The number of fused-ring (bicyclic) bond motifs is 1. The highest BCUT2D eigenvalue weighted by atomic mass is 16.8. The van der Waals surface area contributed by atoms with Crippen molar-refractivity contribution < 1.29 is 29.2 Å². The standard InChI is InChI=1S/C16H22O6/c1-15(2)20-12-13(19-8-11-6-4-3-5-7-11)16(9-17,10-18)22-14(12)21-15/h3-7,12-14,17-18H,8-10H2,1-2H3/t12-,13?,14-/m1/s1. The largest absolute Gasteiger partial charge is 0.393 e. The van der Waals surface area contributed by atoms with Crippen molar-refractivity contribution in [3.05, 3.63) is 35.9 Å². The lowest BCUT2D eigenvalue weighted by Gasteiger charge is -2.33. The molecule has 0 radical (unpaired) electrons. The minimum absolute atomic E-state index is 0.337. The highest BCUT2D eigenvalue weighted by Crippen LogP contribution is 2.43. The van der Waals surface area contributed by atoms with E-state index in [1.165, 1.54) is 0 Å². The number of aliphatic hydroxyl groups excluding tert-OH is 2. The van der Waals surface area contributed by atoms with Gasteiger partial charge in [0.2, 0.25) is 0 Å². The molecule has 0 spiro atoms. The summed E-state index contributed by atoms with van der Waals surface area (Å²) in [6.45, 7) is 3.18. The summed E-state index contributed by atoms with van der Waals surface area (Å²) in [6.07, 6.45) is -1.76. The first-order chi connectivity index (χ1) is 10.5. The third kappa shape index (κ3) is 2.78. The summed E-state index contributed by atoms with van der Waals surface area (Å²) in [5, 5.41) is 19.4. The average molecular weight is 310 g/mol. The van der Waals surface area contributed by atoms with Gasteiger partial charge in [0.05, 0.1) is 19.8 Å². The Hall–Kier alpha value is -1.02. The molecule has 6 nitrogen and oxygen atoms in total. The van der Waals surface area contributed by atoms with E-state index in [0.29, 0.717) is 6.61 Å². The van der Waals surface area contributed by atoms with Crippen molar-refractivity contribution in [2.45, 2.75) is 50.3 Å². The molecule has 0 saturated carbocycles. The number of aliphatic hydroxyl groups is 2. The molecule has 2 fully saturated rings. The summed E-state index contributed by atoms with van der Waals surface area (Å²) in [5.74, 6) is -0.777. The van der Waals surface area contributed by atoms with Crippen LogP contribution in [0, 0.1) is 0 Å². The monoisotopic (exact) mass is 310 g/mol. The van der Waals surface area contributed by atoms with Crippen LogP contribution in [-0.4, -0.2) is 53.3 Å². The first-order valence-electron chi connectivity index (χ1n) is 7.40. The summed E-state index contributed by atoms with van der Waals surface area (Å²) in [6, 6.07) is 9.68. The summed E-state index contributed by atoms with van der Waals surface area (Å²) >= 11 is 0. The molecule has 0 bridgehead atoms. The second-order valence-corrected chi connectivity index (χ2v) is 6.18. The molecule has 0 amide bonds. The van der Waals surface area contributed by atoms with Crippen LogP contribution < -0.4 is 0 Å². The molecule has 22 heavy (non-hydrogen) atoms. The lowest BCUT2D eigenvalue weighted by molar-refractivity contribution is -0.258. The summed E-state index contributed by atoms with van der Waals surface area (Å²) < 4.78 is 23.2. The molecule has 1 aromatic carbocycles. The van der Waals surface area contributed by atoms with Gasteiger partial charge in [-0.25, -0.2) is 0 Å². The fraction of sp³-hybridized carbons (Fsp3) is 0.625. The fourth-order valence-electron chi connectivity index (χ4n) is 2.96.